The van der Waals surface area contributed by atoms with Crippen LogP contribution in [0.15, 0.2) is 48.5 Å². The van der Waals surface area contributed by atoms with Crippen LogP contribution in [-0.2, 0) is 0 Å². The second-order valence-electron chi connectivity index (χ2n) is 4.78. The number of rotatable bonds is 2. The fraction of sp³-hybridized carbons (Fsp3) is 0.250. The summed E-state index contributed by atoms with van der Waals surface area (Å²) in [4.78, 5) is 0. The quantitative estimate of drug-likeness (QED) is 0.888. The van der Waals surface area contributed by atoms with Crippen LogP contribution in [0.1, 0.15) is 29.7 Å². The molecule has 1 heterocycles. The van der Waals surface area contributed by atoms with Gasteiger partial charge in [0.15, 0.2) is 0 Å². The van der Waals surface area contributed by atoms with Gasteiger partial charge in [0.05, 0.1) is 0 Å². The average molecular weight is 274 g/mol. The molecule has 0 bridgehead atoms. The number of fused-ring (bicyclic) bond motifs is 1. The largest absolute Gasteiger partial charge is 0.485 e. The minimum atomic E-state index is 0.0901. The highest BCUT2D eigenvalue weighted by Gasteiger charge is 2.28. The van der Waals surface area contributed by atoms with Crippen LogP contribution >= 0.6 is 11.6 Å². The zero-order valence-electron chi connectivity index (χ0n) is 10.8. The number of nitrogens with one attached hydrogen (secondary N) is 1. The number of hydrogen-bond donors (Lipinski definition) is 1. The van der Waals surface area contributed by atoms with Crippen LogP contribution in [0, 0.1) is 0 Å². The lowest BCUT2D eigenvalue weighted by molar-refractivity contribution is 0.154. The van der Waals surface area contributed by atoms with Crippen LogP contribution in [0.2, 0.25) is 5.02 Å². The summed E-state index contributed by atoms with van der Waals surface area (Å²) < 4.78 is 6.11. The Kier molecular flexibility index (Phi) is 3.45. The van der Waals surface area contributed by atoms with Gasteiger partial charge >= 0.3 is 0 Å². The van der Waals surface area contributed by atoms with Crippen molar-refractivity contribution in [2.75, 3.05) is 7.05 Å². The first kappa shape index (κ1) is 12.5. The first-order chi connectivity index (χ1) is 9.28. The highest BCUT2D eigenvalue weighted by molar-refractivity contribution is 6.30. The summed E-state index contributed by atoms with van der Waals surface area (Å²) >= 11 is 6.07. The molecule has 0 aliphatic carbocycles. The maximum atomic E-state index is 6.11. The van der Waals surface area contributed by atoms with Gasteiger partial charge in [-0.15, -0.1) is 0 Å². The molecular weight excluding hydrogens is 258 g/mol. The van der Waals surface area contributed by atoms with E-state index in [-0.39, 0.29) is 12.1 Å². The molecule has 0 aromatic heterocycles. The molecule has 19 heavy (non-hydrogen) atoms. The molecule has 0 saturated carbocycles. The summed E-state index contributed by atoms with van der Waals surface area (Å²) in [5.41, 5.74) is 2.35. The molecule has 2 atom stereocenters. The number of hydrogen-bond acceptors (Lipinski definition) is 2. The van der Waals surface area contributed by atoms with Crippen LogP contribution in [0.4, 0.5) is 0 Å². The molecule has 2 aromatic carbocycles. The van der Waals surface area contributed by atoms with Crippen molar-refractivity contribution in [1.82, 2.24) is 5.32 Å². The number of benzene rings is 2. The smallest absolute Gasteiger partial charge is 0.126 e. The van der Waals surface area contributed by atoms with Crippen LogP contribution in [-0.4, -0.2) is 7.05 Å². The number of ether oxygens (including phenoxy) is 1. The van der Waals surface area contributed by atoms with E-state index in [1.165, 1.54) is 5.56 Å². The van der Waals surface area contributed by atoms with E-state index in [0.717, 1.165) is 22.8 Å². The van der Waals surface area contributed by atoms with Crippen LogP contribution in [0.3, 0.4) is 0 Å². The third-order valence-electron chi connectivity index (χ3n) is 3.59. The van der Waals surface area contributed by atoms with Gasteiger partial charge in [0.1, 0.15) is 11.9 Å². The zero-order valence-corrected chi connectivity index (χ0v) is 11.5. The van der Waals surface area contributed by atoms with Crippen molar-refractivity contribution in [2.45, 2.75) is 18.6 Å². The predicted octanol–water partition coefficient (Wildman–Crippen LogP) is 4.12. The van der Waals surface area contributed by atoms with Gasteiger partial charge in [0.2, 0.25) is 0 Å². The molecule has 0 radical (unpaired) electrons. The Balaban J connectivity index is 1.96. The molecule has 2 unspecified atom stereocenters. The molecule has 98 valence electrons. The maximum Gasteiger partial charge on any atom is 0.126 e. The monoisotopic (exact) mass is 273 g/mol. The molecule has 0 saturated heterocycles. The summed E-state index contributed by atoms with van der Waals surface area (Å²) in [7, 11) is 1.97. The van der Waals surface area contributed by atoms with Gasteiger partial charge in [-0.3, -0.25) is 0 Å². The molecule has 1 aliphatic rings. The summed E-state index contributed by atoms with van der Waals surface area (Å²) in [6.07, 6.45) is 1.00. The lowest BCUT2D eigenvalue weighted by Gasteiger charge is -2.32. The third-order valence-corrected chi connectivity index (χ3v) is 3.82. The molecule has 3 rings (SSSR count). The molecule has 0 fully saturated rings. The SMILES string of the molecule is CNC1CC(c2ccccc2)Oc2ccc(Cl)cc21. The van der Waals surface area contributed by atoms with E-state index >= 15 is 0 Å². The van der Waals surface area contributed by atoms with E-state index in [2.05, 4.69) is 17.4 Å². The lowest BCUT2D eigenvalue weighted by Crippen LogP contribution is -2.26. The first-order valence-electron chi connectivity index (χ1n) is 6.46. The van der Waals surface area contributed by atoms with E-state index in [1.54, 1.807) is 0 Å². The van der Waals surface area contributed by atoms with Gasteiger partial charge in [0, 0.05) is 23.0 Å². The molecule has 1 N–H and O–H groups in total. The van der Waals surface area contributed by atoms with Gasteiger partial charge in [-0.1, -0.05) is 41.9 Å². The van der Waals surface area contributed by atoms with Crippen molar-refractivity contribution in [2.24, 2.45) is 0 Å². The Bertz CT molecular complexity index is 570. The Morgan fingerprint density at radius 3 is 2.68 bits per heavy atom. The second-order valence-corrected chi connectivity index (χ2v) is 5.21. The first-order valence-corrected chi connectivity index (χ1v) is 6.84. The highest BCUT2D eigenvalue weighted by Crippen LogP contribution is 2.41. The minimum absolute atomic E-state index is 0.0901. The van der Waals surface area contributed by atoms with Crippen molar-refractivity contribution in [3.8, 4) is 5.75 Å². The molecule has 3 heteroatoms. The summed E-state index contributed by atoms with van der Waals surface area (Å²) in [5, 5.41) is 4.10. The average Bonchev–Trinajstić information content (AvgIpc) is 2.47. The Labute approximate surface area is 118 Å². The fourth-order valence-electron chi connectivity index (χ4n) is 2.59. The molecular formula is C16H16ClNO. The summed E-state index contributed by atoms with van der Waals surface area (Å²) in [5.74, 6) is 0.920. The Morgan fingerprint density at radius 2 is 1.95 bits per heavy atom. The van der Waals surface area contributed by atoms with Gasteiger partial charge in [-0.2, -0.15) is 0 Å². The zero-order chi connectivity index (χ0) is 13.2. The van der Waals surface area contributed by atoms with Crippen molar-refractivity contribution in [3.05, 3.63) is 64.7 Å². The summed E-state index contributed by atoms with van der Waals surface area (Å²) in [6.45, 7) is 0. The van der Waals surface area contributed by atoms with E-state index in [0.29, 0.717) is 0 Å². The lowest BCUT2D eigenvalue weighted by atomic mass is 9.93. The van der Waals surface area contributed by atoms with Gasteiger partial charge in [-0.25, -0.2) is 0 Å². The standard InChI is InChI=1S/C16H16ClNO/c1-18-14-10-16(11-5-3-2-4-6-11)19-15-8-7-12(17)9-13(14)15/h2-9,14,16,18H,10H2,1H3. The Morgan fingerprint density at radius 1 is 1.16 bits per heavy atom. The molecule has 0 spiro atoms. The molecule has 2 nitrogen and oxygen atoms in total. The van der Waals surface area contributed by atoms with Crippen LogP contribution < -0.4 is 10.1 Å². The van der Waals surface area contributed by atoms with Crippen molar-refractivity contribution < 1.29 is 4.74 Å². The van der Waals surface area contributed by atoms with Crippen LogP contribution in [0.5, 0.6) is 5.75 Å². The summed E-state index contributed by atoms with van der Waals surface area (Å²) in [6, 6.07) is 16.4. The highest BCUT2D eigenvalue weighted by atomic mass is 35.5. The molecule has 2 aromatic rings. The topological polar surface area (TPSA) is 21.3 Å². The van der Waals surface area contributed by atoms with E-state index in [1.807, 2.05) is 43.4 Å². The van der Waals surface area contributed by atoms with E-state index < -0.39 is 0 Å². The van der Waals surface area contributed by atoms with Gasteiger partial charge in [0.25, 0.3) is 0 Å². The van der Waals surface area contributed by atoms with Crippen molar-refractivity contribution in [1.29, 1.82) is 0 Å². The maximum absolute atomic E-state index is 6.11. The van der Waals surface area contributed by atoms with E-state index in [9.17, 15) is 0 Å². The van der Waals surface area contributed by atoms with Crippen molar-refractivity contribution in [3.63, 3.8) is 0 Å². The fourth-order valence-corrected chi connectivity index (χ4v) is 2.77. The van der Waals surface area contributed by atoms with Gasteiger partial charge in [-0.05, 0) is 30.8 Å². The molecule has 0 amide bonds. The normalized spacial score (nSPS) is 21.6. The number of halogens is 1. The molecule has 1 aliphatic heterocycles. The third kappa shape index (κ3) is 2.46. The second kappa shape index (κ2) is 5.24. The Hall–Kier alpha value is -1.51. The van der Waals surface area contributed by atoms with Gasteiger partial charge < -0.3 is 10.1 Å². The predicted molar refractivity (Wildman–Crippen MR) is 77.7 cm³/mol. The minimum Gasteiger partial charge on any atom is -0.485 e. The van der Waals surface area contributed by atoms with E-state index in [4.69, 9.17) is 16.3 Å². The van der Waals surface area contributed by atoms with Crippen LogP contribution in [0.25, 0.3) is 0 Å². The van der Waals surface area contributed by atoms with Crippen molar-refractivity contribution >= 4 is 11.6 Å².